The second kappa shape index (κ2) is 7.40. The maximum atomic E-state index is 13.0. The molecule has 1 saturated carbocycles. The number of H-pyrrole nitrogens is 1. The van der Waals surface area contributed by atoms with Crippen LogP contribution in [-0.4, -0.2) is 45.7 Å². The number of thiophene rings is 1. The summed E-state index contributed by atoms with van der Waals surface area (Å²) in [6.07, 6.45) is 1.35. The Bertz CT molecular complexity index is 1120. The second-order valence-corrected chi connectivity index (χ2v) is 9.57. The normalized spacial score (nSPS) is 22.7. The van der Waals surface area contributed by atoms with Crippen molar-refractivity contribution < 1.29 is 18.4 Å². The first-order valence-electron chi connectivity index (χ1n) is 10.3. The van der Waals surface area contributed by atoms with Crippen molar-refractivity contribution in [2.24, 2.45) is 5.92 Å². The summed E-state index contributed by atoms with van der Waals surface area (Å²) in [6.45, 7) is 0.803. The maximum Gasteiger partial charge on any atom is 0.282 e. The molecule has 1 aromatic carbocycles. The number of halogens is 2. The van der Waals surface area contributed by atoms with E-state index < -0.39 is 19.0 Å². The fraction of sp³-hybridized carbons (Fsp3) is 0.409. The van der Waals surface area contributed by atoms with Crippen LogP contribution in [0.15, 0.2) is 36.4 Å². The Labute approximate surface area is 181 Å². The number of imidazole rings is 1. The number of para-hydroxylation sites is 2. The minimum absolute atomic E-state index is 0.0419. The SMILES string of the molecule is C[C@@H](NC(=O)C[C@@H]1C[C@@H]1c1nc2ccccc2[nH]1)c1ccc(C(=O)N2CC(F)(F)C2)s1. The molecule has 2 N–H and O–H groups in total. The summed E-state index contributed by atoms with van der Waals surface area (Å²) in [5.41, 5.74) is 1.94. The lowest BCUT2D eigenvalue weighted by Crippen LogP contribution is -2.58. The summed E-state index contributed by atoms with van der Waals surface area (Å²) in [5.74, 6) is -1.73. The van der Waals surface area contributed by atoms with Gasteiger partial charge in [-0.05, 0) is 43.5 Å². The van der Waals surface area contributed by atoms with Gasteiger partial charge in [0.15, 0.2) is 0 Å². The van der Waals surface area contributed by atoms with E-state index in [4.69, 9.17) is 0 Å². The van der Waals surface area contributed by atoms with E-state index in [0.29, 0.717) is 11.3 Å². The topological polar surface area (TPSA) is 78.1 Å². The van der Waals surface area contributed by atoms with Crippen LogP contribution < -0.4 is 5.32 Å². The summed E-state index contributed by atoms with van der Waals surface area (Å²) < 4.78 is 26.0. The Morgan fingerprint density at radius 3 is 2.81 bits per heavy atom. The summed E-state index contributed by atoms with van der Waals surface area (Å²) in [4.78, 5) is 35.1. The Hall–Kier alpha value is -2.81. The molecule has 1 aliphatic carbocycles. The molecule has 2 aliphatic rings. The number of nitrogens with one attached hydrogen (secondary N) is 2. The van der Waals surface area contributed by atoms with Gasteiger partial charge in [0.05, 0.1) is 35.0 Å². The first-order chi connectivity index (χ1) is 14.8. The highest BCUT2D eigenvalue weighted by molar-refractivity contribution is 7.14. The van der Waals surface area contributed by atoms with E-state index in [0.717, 1.165) is 33.1 Å². The second-order valence-electron chi connectivity index (χ2n) is 8.45. The van der Waals surface area contributed by atoms with Gasteiger partial charge in [-0.2, -0.15) is 0 Å². The standard InChI is InChI=1S/C22H22F2N4O2S/c1-12(17-6-7-18(31-17)21(30)28-10-22(23,24)11-28)25-19(29)9-13-8-14(13)20-26-15-4-2-3-5-16(15)27-20/h2-7,12-14H,8-11H2,1H3,(H,25,29)(H,26,27)/t12-,13+,14+/m1/s1. The summed E-state index contributed by atoms with van der Waals surface area (Å²) >= 11 is 1.24. The van der Waals surface area contributed by atoms with Gasteiger partial charge in [0.2, 0.25) is 5.91 Å². The summed E-state index contributed by atoms with van der Waals surface area (Å²) in [5, 5.41) is 2.98. The summed E-state index contributed by atoms with van der Waals surface area (Å²) in [6, 6.07) is 11.0. The molecule has 0 unspecified atom stereocenters. The molecule has 162 valence electrons. The predicted octanol–water partition coefficient (Wildman–Crippen LogP) is 4.09. The molecule has 0 spiro atoms. The molecule has 0 radical (unpaired) electrons. The molecule has 3 atom stereocenters. The van der Waals surface area contributed by atoms with Crippen LogP contribution in [0.25, 0.3) is 11.0 Å². The lowest BCUT2D eigenvalue weighted by atomic mass is 10.1. The molecule has 2 fully saturated rings. The number of carbonyl (C=O) groups is 2. The molecular formula is C22H22F2N4O2S. The van der Waals surface area contributed by atoms with E-state index in [1.165, 1.54) is 11.3 Å². The number of rotatable bonds is 6. The molecule has 2 amide bonds. The van der Waals surface area contributed by atoms with Crippen LogP contribution in [0, 0.1) is 5.92 Å². The van der Waals surface area contributed by atoms with E-state index in [9.17, 15) is 18.4 Å². The van der Waals surface area contributed by atoms with Crippen molar-refractivity contribution in [3.05, 3.63) is 52.0 Å². The van der Waals surface area contributed by atoms with Crippen molar-refractivity contribution in [1.29, 1.82) is 0 Å². The largest absolute Gasteiger partial charge is 0.349 e. The number of nitrogens with zero attached hydrogens (tertiary/aromatic N) is 2. The van der Waals surface area contributed by atoms with Crippen LogP contribution in [0.1, 0.15) is 52.1 Å². The Balaban J connectivity index is 1.13. The maximum absolute atomic E-state index is 13.0. The molecule has 5 rings (SSSR count). The average molecular weight is 445 g/mol. The number of hydrogen-bond acceptors (Lipinski definition) is 4. The van der Waals surface area contributed by atoms with Crippen molar-refractivity contribution in [3.8, 4) is 0 Å². The van der Waals surface area contributed by atoms with Crippen molar-refractivity contribution in [3.63, 3.8) is 0 Å². The van der Waals surface area contributed by atoms with Gasteiger partial charge in [0, 0.05) is 17.2 Å². The third kappa shape index (κ3) is 4.06. The van der Waals surface area contributed by atoms with Crippen LogP contribution in [0.4, 0.5) is 8.78 Å². The van der Waals surface area contributed by atoms with Crippen LogP contribution in [0.5, 0.6) is 0 Å². The molecule has 1 aliphatic heterocycles. The third-order valence-electron chi connectivity index (χ3n) is 5.90. The van der Waals surface area contributed by atoms with Gasteiger partial charge in [-0.15, -0.1) is 11.3 Å². The Kier molecular flexibility index (Phi) is 4.80. The van der Waals surface area contributed by atoms with Crippen LogP contribution in [0.2, 0.25) is 0 Å². The number of aromatic nitrogens is 2. The van der Waals surface area contributed by atoms with E-state index in [1.807, 2.05) is 31.2 Å². The van der Waals surface area contributed by atoms with Crippen LogP contribution in [0.3, 0.4) is 0 Å². The average Bonchev–Trinajstić information content (AvgIpc) is 3.13. The van der Waals surface area contributed by atoms with Gasteiger partial charge in [0.1, 0.15) is 5.82 Å². The monoisotopic (exact) mass is 444 g/mol. The zero-order valence-electron chi connectivity index (χ0n) is 16.9. The number of hydrogen-bond donors (Lipinski definition) is 2. The highest BCUT2D eigenvalue weighted by Gasteiger charge is 2.46. The fourth-order valence-corrected chi connectivity index (χ4v) is 5.06. The lowest BCUT2D eigenvalue weighted by molar-refractivity contribution is -0.122. The first kappa shape index (κ1) is 20.1. The van der Waals surface area contributed by atoms with E-state index in [2.05, 4.69) is 15.3 Å². The number of aromatic amines is 1. The molecule has 31 heavy (non-hydrogen) atoms. The molecule has 3 heterocycles. The number of fused-ring (bicyclic) bond motifs is 1. The number of carbonyl (C=O) groups excluding carboxylic acids is 2. The number of alkyl halides is 2. The van der Waals surface area contributed by atoms with Crippen LogP contribution >= 0.6 is 11.3 Å². The van der Waals surface area contributed by atoms with E-state index in [-0.39, 0.29) is 29.7 Å². The molecule has 3 aromatic rings. The minimum Gasteiger partial charge on any atom is -0.349 e. The number of likely N-dealkylation sites (tertiary alicyclic amines) is 1. The Morgan fingerprint density at radius 2 is 2.06 bits per heavy atom. The zero-order chi connectivity index (χ0) is 21.8. The van der Waals surface area contributed by atoms with Gasteiger partial charge < -0.3 is 15.2 Å². The molecule has 2 aromatic heterocycles. The van der Waals surface area contributed by atoms with Gasteiger partial charge in [-0.25, -0.2) is 13.8 Å². The number of amides is 2. The van der Waals surface area contributed by atoms with Crippen molar-refractivity contribution in [1.82, 2.24) is 20.2 Å². The van der Waals surface area contributed by atoms with Crippen molar-refractivity contribution in [2.75, 3.05) is 13.1 Å². The molecule has 9 heteroatoms. The highest BCUT2D eigenvalue weighted by Crippen LogP contribution is 2.48. The Morgan fingerprint density at radius 1 is 1.29 bits per heavy atom. The van der Waals surface area contributed by atoms with Gasteiger partial charge >= 0.3 is 0 Å². The number of benzene rings is 1. The van der Waals surface area contributed by atoms with E-state index >= 15 is 0 Å². The van der Waals surface area contributed by atoms with Gasteiger partial charge in [0.25, 0.3) is 11.8 Å². The van der Waals surface area contributed by atoms with Gasteiger partial charge in [-0.1, -0.05) is 12.1 Å². The van der Waals surface area contributed by atoms with E-state index in [1.54, 1.807) is 12.1 Å². The molecule has 0 bridgehead atoms. The molecular weight excluding hydrogens is 422 g/mol. The smallest absolute Gasteiger partial charge is 0.282 e. The van der Waals surface area contributed by atoms with Crippen LogP contribution in [-0.2, 0) is 4.79 Å². The predicted molar refractivity (Wildman–Crippen MR) is 113 cm³/mol. The minimum atomic E-state index is -2.78. The van der Waals surface area contributed by atoms with Crippen molar-refractivity contribution in [2.45, 2.75) is 37.6 Å². The van der Waals surface area contributed by atoms with Crippen molar-refractivity contribution >= 4 is 34.2 Å². The highest BCUT2D eigenvalue weighted by atomic mass is 32.1. The first-order valence-corrected chi connectivity index (χ1v) is 11.1. The fourth-order valence-electron chi connectivity index (χ4n) is 4.08. The summed E-state index contributed by atoms with van der Waals surface area (Å²) in [7, 11) is 0. The molecule has 6 nitrogen and oxygen atoms in total. The van der Waals surface area contributed by atoms with Gasteiger partial charge in [-0.3, -0.25) is 9.59 Å². The zero-order valence-corrected chi connectivity index (χ0v) is 17.7. The quantitative estimate of drug-likeness (QED) is 0.601. The third-order valence-corrected chi connectivity index (χ3v) is 7.16. The molecule has 1 saturated heterocycles. The lowest BCUT2D eigenvalue weighted by Gasteiger charge is -2.38.